The van der Waals surface area contributed by atoms with E-state index in [2.05, 4.69) is 15.1 Å². The molecule has 3 fully saturated rings. The van der Waals surface area contributed by atoms with Gasteiger partial charge in [-0.05, 0) is 69.2 Å². The first-order chi connectivity index (χ1) is 22.9. The van der Waals surface area contributed by atoms with Gasteiger partial charge in [-0.2, -0.15) is 28.2 Å². The lowest BCUT2D eigenvalue weighted by Gasteiger charge is -2.30. The van der Waals surface area contributed by atoms with Gasteiger partial charge < -0.3 is 14.2 Å². The molecule has 2 aromatic heterocycles. The van der Waals surface area contributed by atoms with Crippen LogP contribution in [0.3, 0.4) is 0 Å². The second kappa shape index (κ2) is 12.3. The summed E-state index contributed by atoms with van der Waals surface area (Å²) in [5.41, 5.74) is -3.75. The van der Waals surface area contributed by atoms with Crippen molar-refractivity contribution in [2.45, 2.75) is 83.4 Å². The van der Waals surface area contributed by atoms with Gasteiger partial charge in [0.1, 0.15) is 24.1 Å². The van der Waals surface area contributed by atoms with Gasteiger partial charge in [0.2, 0.25) is 5.88 Å². The molecule has 3 saturated heterocycles. The Morgan fingerprint density at radius 2 is 1.88 bits per heavy atom. The van der Waals surface area contributed by atoms with Crippen LogP contribution < -0.4 is 9.47 Å². The van der Waals surface area contributed by atoms with Crippen molar-refractivity contribution in [3.8, 4) is 23.0 Å². The zero-order valence-electron chi connectivity index (χ0n) is 27.0. The molecule has 4 aromatic rings. The molecule has 0 bridgehead atoms. The Kier molecular flexibility index (Phi) is 8.46. The summed E-state index contributed by atoms with van der Waals surface area (Å²) in [6.45, 7) is 6.64. The third-order valence-electron chi connectivity index (χ3n) is 9.67. The maximum absolute atomic E-state index is 16.9. The first kappa shape index (κ1) is 32.9. The van der Waals surface area contributed by atoms with Gasteiger partial charge in [0.15, 0.2) is 12.0 Å². The number of aromatic nitrogens is 4. The van der Waals surface area contributed by atoms with Gasteiger partial charge in [0, 0.05) is 30.5 Å². The topological polar surface area (TPSA) is 74.5 Å². The van der Waals surface area contributed by atoms with E-state index < -0.39 is 58.0 Å². The quantitative estimate of drug-likeness (QED) is 0.175. The molecule has 3 aliphatic heterocycles. The van der Waals surface area contributed by atoms with Gasteiger partial charge in [-0.1, -0.05) is 13.8 Å². The lowest BCUT2D eigenvalue weighted by Crippen LogP contribution is -2.43. The largest absolute Gasteiger partial charge is 0.477 e. The molecule has 0 aliphatic carbocycles. The third-order valence-corrected chi connectivity index (χ3v) is 9.67. The monoisotopic (exact) mass is 677 g/mol. The summed E-state index contributed by atoms with van der Waals surface area (Å²) in [4.78, 5) is 10.6. The molecule has 3 aliphatic rings. The molecule has 258 valence electrons. The maximum atomic E-state index is 16.9. The summed E-state index contributed by atoms with van der Waals surface area (Å²) >= 11 is 0. The van der Waals surface area contributed by atoms with Crippen molar-refractivity contribution in [3.63, 3.8) is 0 Å². The maximum Gasteiger partial charge on any atom is 0.417 e. The molecule has 8 nitrogen and oxygen atoms in total. The molecular formula is C34H37F6N5O3. The number of hydrogen-bond donors (Lipinski definition) is 0. The number of ether oxygens (including phenoxy) is 3. The van der Waals surface area contributed by atoms with Crippen molar-refractivity contribution in [2.75, 3.05) is 32.9 Å². The van der Waals surface area contributed by atoms with Crippen LogP contribution in [-0.4, -0.2) is 69.3 Å². The van der Waals surface area contributed by atoms with Crippen LogP contribution in [0.25, 0.3) is 32.9 Å². The number of halogens is 6. The van der Waals surface area contributed by atoms with Gasteiger partial charge in [-0.25, -0.2) is 17.9 Å². The van der Waals surface area contributed by atoms with Crippen molar-refractivity contribution >= 4 is 21.8 Å². The number of benzene rings is 2. The predicted octanol–water partition coefficient (Wildman–Crippen LogP) is 7.94. The van der Waals surface area contributed by atoms with E-state index in [0.717, 1.165) is 31.9 Å². The number of rotatable bonds is 8. The van der Waals surface area contributed by atoms with Gasteiger partial charge in [0.05, 0.1) is 40.4 Å². The van der Waals surface area contributed by atoms with Gasteiger partial charge >= 0.3 is 12.2 Å². The van der Waals surface area contributed by atoms with Crippen LogP contribution in [0.5, 0.6) is 11.9 Å². The lowest BCUT2D eigenvalue weighted by atomic mass is 9.90. The zero-order chi connectivity index (χ0) is 34.0. The highest BCUT2D eigenvalue weighted by Crippen LogP contribution is 2.47. The smallest absolute Gasteiger partial charge is 0.417 e. The van der Waals surface area contributed by atoms with Crippen LogP contribution in [-0.2, 0) is 10.9 Å². The van der Waals surface area contributed by atoms with Crippen LogP contribution in [0.2, 0.25) is 0 Å². The van der Waals surface area contributed by atoms with E-state index in [0.29, 0.717) is 19.4 Å². The van der Waals surface area contributed by atoms with E-state index in [-0.39, 0.29) is 65.8 Å². The van der Waals surface area contributed by atoms with Crippen molar-refractivity contribution in [2.24, 2.45) is 5.92 Å². The molecule has 0 radical (unpaired) electrons. The molecule has 5 heterocycles. The second-order valence-electron chi connectivity index (χ2n) is 13.6. The van der Waals surface area contributed by atoms with Crippen molar-refractivity contribution < 1.29 is 40.6 Å². The van der Waals surface area contributed by atoms with Crippen molar-refractivity contribution in [1.82, 2.24) is 24.6 Å². The number of fused-ring (bicyclic) bond motifs is 3. The minimum atomic E-state index is -4.96. The minimum Gasteiger partial charge on any atom is -0.477 e. The van der Waals surface area contributed by atoms with Gasteiger partial charge in [0.25, 0.3) is 0 Å². The van der Waals surface area contributed by atoms with Gasteiger partial charge in [-0.15, -0.1) is 0 Å². The van der Waals surface area contributed by atoms with E-state index >= 15 is 8.78 Å². The normalized spacial score (nSPS) is 23.5. The fourth-order valence-electron chi connectivity index (χ4n) is 7.53. The molecule has 0 amide bonds. The second-order valence-corrected chi connectivity index (χ2v) is 13.6. The van der Waals surface area contributed by atoms with E-state index in [1.54, 1.807) is 0 Å². The van der Waals surface area contributed by atoms with Crippen LogP contribution in [0.15, 0.2) is 18.3 Å². The summed E-state index contributed by atoms with van der Waals surface area (Å²) in [5.74, 6) is -2.72. The highest BCUT2D eigenvalue weighted by molar-refractivity contribution is 6.00. The van der Waals surface area contributed by atoms with Crippen LogP contribution >= 0.6 is 0 Å². The van der Waals surface area contributed by atoms with E-state index in [1.165, 1.54) is 23.9 Å². The zero-order valence-corrected chi connectivity index (χ0v) is 27.0. The third kappa shape index (κ3) is 5.74. The van der Waals surface area contributed by atoms with E-state index in [4.69, 9.17) is 14.2 Å². The van der Waals surface area contributed by atoms with Crippen molar-refractivity contribution in [1.29, 1.82) is 0 Å². The fraction of sp³-hybridized carbons (Fsp3) is 0.559. The van der Waals surface area contributed by atoms with Crippen molar-refractivity contribution in [3.05, 3.63) is 41.1 Å². The Balaban J connectivity index is 1.40. The SMILES string of the molecule is Cc1cc2c(cnn2C2CCCCO2)c(-c2c(F)cc3c(OCC(C)C)nc(OC[C@@]45CCCN4C[C@H](F)C5)nc3c2F)c1C(F)(F)F. The van der Waals surface area contributed by atoms with E-state index in [9.17, 15) is 17.6 Å². The summed E-state index contributed by atoms with van der Waals surface area (Å²) < 4.78 is 111. The van der Waals surface area contributed by atoms with Crippen LogP contribution in [0, 0.1) is 24.5 Å². The Labute approximate surface area is 273 Å². The first-order valence-electron chi connectivity index (χ1n) is 16.4. The predicted molar refractivity (Wildman–Crippen MR) is 166 cm³/mol. The number of aryl methyl sites for hydroxylation is 1. The minimum absolute atomic E-state index is 0.0128. The average molecular weight is 678 g/mol. The van der Waals surface area contributed by atoms with Gasteiger partial charge in [-0.3, -0.25) is 4.90 Å². The van der Waals surface area contributed by atoms with E-state index in [1.807, 2.05) is 18.7 Å². The Morgan fingerprint density at radius 1 is 1.06 bits per heavy atom. The average Bonchev–Trinajstić information content (AvgIpc) is 3.71. The summed E-state index contributed by atoms with van der Waals surface area (Å²) in [6, 6.07) is 1.93. The molecular weight excluding hydrogens is 640 g/mol. The summed E-state index contributed by atoms with van der Waals surface area (Å²) in [7, 11) is 0. The standard InChI is InChI=1S/C34H37F6N5O3/c1-18(2)16-47-31-21-12-23(36)27(29(37)30(21)42-32(43-31)48-17-33-8-6-9-44(33)15-20(35)13-33)26-22-14-41-45(25-7-4-5-10-46-25)24(22)11-19(3)28(26)34(38,39)40/h11-12,14,18,20,25H,4-10,13,15-17H2,1-3H3/t20-,25?,33+/m1/s1. The first-order valence-corrected chi connectivity index (χ1v) is 16.4. The van der Waals surface area contributed by atoms with Crippen LogP contribution in [0.4, 0.5) is 26.3 Å². The Morgan fingerprint density at radius 3 is 2.60 bits per heavy atom. The fourth-order valence-corrected chi connectivity index (χ4v) is 7.53. The number of alkyl halides is 4. The highest BCUT2D eigenvalue weighted by atomic mass is 19.4. The number of nitrogens with zero attached hydrogens (tertiary/aromatic N) is 5. The molecule has 3 atom stereocenters. The molecule has 48 heavy (non-hydrogen) atoms. The Bertz CT molecular complexity index is 1860. The molecule has 1 unspecified atom stereocenters. The molecule has 0 N–H and O–H groups in total. The lowest BCUT2D eigenvalue weighted by molar-refractivity contribution is -0.137. The summed E-state index contributed by atoms with van der Waals surface area (Å²) in [5, 5.41) is 4.10. The Hall–Kier alpha value is -3.65. The molecule has 7 rings (SSSR count). The molecule has 0 spiro atoms. The van der Waals surface area contributed by atoms with Crippen LogP contribution in [0.1, 0.15) is 69.7 Å². The molecule has 0 saturated carbocycles. The molecule has 2 aromatic carbocycles. The highest BCUT2D eigenvalue weighted by Gasteiger charge is 2.49. The number of hydrogen-bond acceptors (Lipinski definition) is 7. The molecule has 14 heteroatoms. The summed E-state index contributed by atoms with van der Waals surface area (Å²) in [6.07, 6.45) is -1.20.